The standard InChI is InChI=1S/C12H13BrN2O/c1-7(2)16-11-5-9(13)4-10-8(3)14-6-15-12(10)11/h4-7H,1-3H3. The molecule has 0 amide bonds. The summed E-state index contributed by atoms with van der Waals surface area (Å²) in [6, 6.07) is 3.95. The van der Waals surface area contributed by atoms with E-state index in [0.29, 0.717) is 0 Å². The lowest BCUT2D eigenvalue weighted by Crippen LogP contribution is -2.06. The third-order valence-electron chi connectivity index (χ3n) is 2.23. The second kappa shape index (κ2) is 4.37. The average molecular weight is 281 g/mol. The average Bonchev–Trinajstić information content (AvgIpc) is 2.18. The molecule has 1 aromatic heterocycles. The van der Waals surface area contributed by atoms with Crippen LogP contribution in [0.1, 0.15) is 19.5 Å². The molecule has 0 atom stereocenters. The Morgan fingerprint density at radius 2 is 2.00 bits per heavy atom. The van der Waals surface area contributed by atoms with Crippen LogP contribution in [0.2, 0.25) is 0 Å². The highest BCUT2D eigenvalue weighted by Crippen LogP contribution is 2.30. The summed E-state index contributed by atoms with van der Waals surface area (Å²) in [5.74, 6) is 0.796. The minimum atomic E-state index is 0.132. The summed E-state index contributed by atoms with van der Waals surface area (Å²) in [6.45, 7) is 5.97. The molecule has 2 aromatic rings. The van der Waals surface area contributed by atoms with Crippen LogP contribution >= 0.6 is 15.9 Å². The van der Waals surface area contributed by atoms with Gasteiger partial charge >= 0.3 is 0 Å². The van der Waals surface area contributed by atoms with Crippen LogP contribution in [0.4, 0.5) is 0 Å². The summed E-state index contributed by atoms with van der Waals surface area (Å²) in [6.07, 6.45) is 1.70. The van der Waals surface area contributed by atoms with Crippen molar-refractivity contribution in [3.63, 3.8) is 0 Å². The Bertz CT molecular complexity index is 526. The van der Waals surface area contributed by atoms with Crippen molar-refractivity contribution in [2.45, 2.75) is 26.9 Å². The van der Waals surface area contributed by atoms with Crippen LogP contribution in [0.25, 0.3) is 10.9 Å². The lowest BCUT2D eigenvalue weighted by Gasteiger charge is -2.12. The number of halogens is 1. The van der Waals surface area contributed by atoms with Gasteiger partial charge in [0, 0.05) is 15.6 Å². The zero-order chi connectivity index (χ0) is 11.7. The Balaban J connectivity index is 2.68. The van der Waals surface area contributed by atoms with Crippen molar-refractivity contribution >= 4 is 26.8 Å². The van der Waals surface area contributed by atoms with Crippen molar-refractivity contribution in [1.82, 2.24) is 9.97 Å². The summed E-state index contributed by atoms with van der Waals surface area (Å²) in [5, 5.41) is 1.02. The van der Waals surface area contributed by atoms with Gasteiger partial charge in [-0.15, -0.1) is 0 Å². The molecule has 84 valence electrons. The SMILES string of the molecule is Cc1ncnc2c(OC(C)C)cc(Br)cc12. The van der Waals surface area contributed by atoms with E-state index in [4.69, 9.17) is 4.74 Å². The topological polar surface area (TPSA) is 35.0 Å². The van der Waals surface area contributed by atoms with Crippen LogP contribution < -0.4 is 4.74 Å². The fraction of sp³-hybridized carbons (Fsp3) is 0.333. The van der Waals surface area contributed by atoms with E-state index >= 15 is 0 Å². The number of nitrogens with zero attached hydrogens (tertiary/aromatic N) is 2. The van der Waals surface area contributed by atoms with Crippen LogP contribution in [-0.4, -0.2) is 16.1 Å². The summed E-state index contributed by atoms with van der Waals surface area (Å²) >= 11 is 3.47. The molecule has 0 fully saturated rings. The van der Waals surface area contributed by atoms with Gasteiger partial charge in [0.2, 0.25) is 0 Å². The van der Waals surface area contributed by atoms with Crippen molar-refractivity contribution in [2.24, 2.45) is 0 Å². The molecule has 0 spiro atoms. The van der Waals surface area contributed by atoms with Gasteiger partial charge in [0.15, 0.2) is 0 Å². The van der Waals surface area contributed by atoms with E-state index in [1.807, 2.05) is 32.9 Å². The first-order valence-corrected chi connectivity index (χ1v) is 5.94. The first kappa shape index (κ1) is 11.3. The van der Waals surface area contributed by atoms with E-state index in [2.05, 4.69) is 25.9 Å². The Labute approximate surface area is 103 Å². The van der Waals surface area contributed by atoms with Crippen molar-refractivity contribution < 1.29 is 4.74 Å². The van der Waals surface area contributed by atoms with Crippen molar-refractivity contribution in [3.05, 3.63) is 28.6 Å². The number of aromatic nitrogens is 2. The molecule has 0 aliphatic carbocycles. The fourth-order valence-corrected chi connectivity index (χ4v) is 2.01. The molecule has 0 unspecified atom stereocenters. The van der Waals surface area contributed by atoms with E-state index in [0.717, 1.165) is 26.8 Å². The number of benzene rings is 1. The highest BCUT2D eigenvalue weighted by molar-refractivity contribution is 9.10. The molecular formula is C12H13BrN2O. The molecule has 0 saturated heterocycles. The monoisotopic (exact) mass is 280 g/mol. The van der Waals surface area contributed by atoms with Crippen LogP contribution in [0.3, 0.4) is 0 Å². The predicted octanol–water partition coefficient (Wildman–Crippen LogP) is 3.49. The molecule has 0 aliphatic rings. The lowest BCUT2D eigenvalue weighted by atomic mass is 10.2. The lowest BCUT2D eigenvalue weighted by molar-refractivity contribution is 0.245. The summed E-state index contributed by atoms with van der Waals surface area (Å²) in [7, 11) is 0. The van der Waals surface area contributed by atoms with Gasteiger partial charge in [-0.3, -0.25) is 0 Å². The molecule has 0 saturated carbocycles. The van der Waals surface area contributed by atoms with Crippen LogP contribution in [0, 0.1) is 6.92 Å². The van der Waals surface area contributed by atoms with Crippen molar-refractivity contribution in [1.29, 1.82) is 0 Å². The molecule has 0 aliphatic heterocycles. The third kappa shape index (κ3) is 2.16. The van der Waals surface area contributed by atoms with Gasteiger partial charge in [0.25, 0.3) is 0 Å². The first-order valence-electron chi connectivity index (χ1n) is 5.15. The Hall–Kier alpha value is -1.16. The van der Waals surface area contributed by atoms with Gasteiger partial charge in [0.05, 0.1) is 6.10 Å². The van der Waals surface area contributed by atoms with Gasteiger partial charge in [-0.1, -0.05) is 15.9 Å². The number of hydrogen-bond donors (Lipinski definition) is 0. The minimum Gasteiger partial charge on any atom is -0.489 e. The Morgan fingerprint density at radius 3 is 2.69 bits per heavy atom. The number of hydrogen-bond acceptors (Lipinski definition) is 3. The first-order chi connectivity index (χ1) is 7.58. The molecule has 0 radical (unpaired) electrons. The van der Waals surface area contributed by atoms with Gasteiger partial charge in [-0.05, 0) is 32.9 Å². The van der Waals surface area contributed by atoms with Gasteiger partial charge in [-0.2, -0.15) is 0 Å². The zero-order valence-electron chi connectivity index (χ0n) is 9.49. The van der Waals surface area contributed by atoms with Gasteiger partial charge in [-0.25, -0.2) is 9.97 Å². The second-order valence-corrected chi connectivity index (χ2v) is 4.84. The van der Waals surface area contributed by atoms with E-state index in [1.165, 1.54) is 0 Å². The maximum atomic E-state index is 5.74. The van der Waals surface area contributed by atoms with Crippen LogP contribution in [0.5, 0.6) is 5.75 Å². The number of aryl methyl sites for hydroxylation is 1. The molecule has 4 heteroatoms. The smallest absolute Gasteiger partial charge is 0.147 e. The fourth-order valence-electron chi connectivity index (χ4n) is 1.57. The summed E-state index contributed by atoms with van der Waals surface area (Å²) in [4.78, 5) is 8.46. The van der Waals surface area contributed by atoms with Gasteiger partial charge < -0.3 is 4.74 Å². The highest BCUT2D eigenvalue weighted by Gasteiger charge is 2.09. The van der Waals surface area contributed by atoms with Crippen molar-refractivity contribution in [3.8, 4) is 5.75 Å². The summed E-state index contributed by atoms with van der Waals surface area (Å²) < 4.78 is 6.72. The maximum Gasteiger partial charge on any atom is 0.147 e. The molecule has 16 heavy (non-hydrogen) atoms. The summed E-state index contributed by atoms with van der Waals surface area (Å²) in [5.41, 5.74) is 1.82. The molecule has 0 bridgehead atoms. The maximum absolute atomic E-state index is 5.74. The molecule has 0 N–H and O–H groups in total. The van der Waals surface area contributed by atoms with Gasteiger partial charge in [0.1, 0.15) is 17.6 Å². The minimum absolute atomic E-state index is 0.132. The van der Waals surface area contributed by atoms with E-state index in [1.54, 1.807) is 6.33 Å². The second-order valence-electron chi connectivity index (χ2n) is 3.93. The zero-order valence-corrected chi connectivity index (χ0v) is 11.1. The van der Waals surface area contributed by atoms with Crippen LogP contribution in [-0.2, 0) is 0 Å². The van der Waals surface area contributed by atoms with Crippen LogP contribution in [0.15, 0.2) is 22.9 Å². The van der Waals surface area contributed by atoms with Crippen molar-refractivity contribution in [2.75, 3.05) is 0 Å². The molecule has 1 heterocycles. The van der Waals surface area contributed by atoms with E-state index < -0.39 is 0 Å². The normalized spacial score (nSPS) is 11.1. The third-order valence-corrected chi connectivity index (χ3v) is 2.69. The number of rotatable bonds is 2. The highest BCUT2D eigenvalue weighted by atomic mass is 79.9. The number of fused-ring (bicyclic) bond motifs is 1. The Morgan fingerprint density at radius 1 is 1.25 bits per heavy atom. The predicted molar refractivity (Wildman–Crippen MR) is 67.7 cm³/mol. The molecule has 3 nitrogen and oxygen atoms in total. The quantitative estimate of drug-likeness (QED) is 0.845. The molecule has 2 rings (SSSR count). The van der Waals surface area contributed by atoms with E-state index in [-0.39, 0.29) is 6.10 Å². The molecule has 1 aromatic carbocycles. The number of ether oxygens (including phenoxy) is 1. The largest absolute Gasteiger partial charge is 0.489 e. The Kier molecular flexibility index (Phi) is 3.10. The molecular weight excluding hydrogens is 268 g/mol. The van der Waals surface area contributed by atoms with E-state index in [9.17, 15) is 0 Å².